The summed E-state index contributed by atoms with van der Waals surface area (Å²) in [5, 5.41) is 0. The van der Waals surface area contributed by atoms with E-state index in [9.17, 15) is 0 Å². The molecule has 0 N–H and O–H groups in total. The van der Waals surface area contributed by atoms with Crippen molar-refractivity contribution in [3.63, 3.8) is 0 Å². The van der Waals surface area contributed by atoms with Crippen LogP contribution in [0.4, 0.5) is 0 Å². The van der Waals surface area contributed by atoms with E-state index in [1.54, 1.807) is 0 Å². The molecular weight excluding hydrogens is 328 g/mol. The van der Waals surface area contributed by atoms with Crippen LogP contribution in [0.1, 0.15) is 85.0 Å². The monoisotopic (exact) mass is 366 g/mol. The molecule has 0 rings (SSSR count). The zero-order chi connectivity index (χ0) is 17.2. The molecule has 5 heteroatoms. The van der Waals surface area contributed by atoms with Crippen molar-refractivity contribution in [3.8, 4) is 0 Å². The molecular formula is C18H39ClO3Si. The number of halogens is 1. The lowest BCUT2D eigenvalue weighted by atomic mass is 10.1. The molecule has 0 aliphatic heterocycles. The van der Waals surface area contributed by atoms with E-state index >= 15 is 0 Å². The molecule has 0 aromatic heterocycles. The predicted molar refractivity (Wildman–Crippen MR) is 102 cm³/mol. The van der Waals surface area contributed by atoms with E-state index in [-0.39, 0.29) is 0 Å². The molecule has 0 unspecified atom stereocenters. The van der Waals surface area contributed by atoms with Gasteiger partial charge in [-0.15, -0.1) is 11.6 Å². The van der Waals surface area contributed by atoms with E-state index in [0.29, 0.717) is 19.8 Å². The summed E-state index contributed by atoms with van der Waals surface area (Å²) in [5.41, 5.74) is 0. The van der Waals surface area contributed by atoms with Gasteiger partial charge in [-0.2, -0.15) is 0 Å². The van der Waals surface area contributed by atoms with Crippen LogP contribution >= 0.6 is 11.6 Å². The van der Waals surface area contributed by atoms with Gasteiger partial charge in [0.1, 0.15) is 0 Å². The highest BCUT2D eigenvalue weighted by molar-refractivity contribution is 6.60. The second-order valence-corrected chi connectivity index (χ2v) is 9.07. The molecule has 0 aliphatic rings. The first kappa shape index (κ1) is 23.4. The summed E-state index contributed by atoms with van der Waals surface area (Å²) in [7, 11) is -2.40. The third-order valence-electron chi connectivity index (χ3n) is 3.96. The molecule has 140 valence electrons. The summed E-state index contributed by atoms with van der Waals surface area (Å²) < 4.78 is 17.7. The molecule has 0 aromatic carbocycles. The fourth-order valence-electron chi connectivity index (χ4n) is 2.85. The molecule has 0 saturated carbocycles. The minimum atomic E-state index is -2.40. The quantitative estimate of drug-likeness (QED) is 0.165. The normalized spacial score (nSPS) is 12.0. The SMILES string of the molecule is CCO[Si](CCCCCCCCCCCCCl)(OCC)OCC. The average Bonchev–Trinajstić information content (AvgIpc) is 2.53. The number of alkyl halides is 1. The van der Waals surface area contributed by atoms with Crippen LogP contribution in [0, 0.1) is 0 Å². The maximum absolute atomic E-state index is 5.89. The Morgan fingerprint density at radius 2 is 0.913 bits per heavy atom. The Morgan fingerprint density at radius 3 is 1.26 bits per heavy atom. The van der Waals surface area contributed by atoms with Crippen LogP contribution in [0.15, 0.2) is 0 Å². The van der Waals surface area contributed by atoms with Crippen LogP contribution in [0.3, 0.4) is 0 Å². The second kappa shape index (κ2) is 17.2. The molecule has 23 heavy (non-hydrogen) atoms. The van der Waals surface area contributed by atoms with E-state index in [1.165, 1.54) is 57.8 Å². The molecule has 0 atom stereocenters. The van der Waals surface area contributed by atoms with Crippen molar-refractivity contribution < 1.29 is 13.3 Å². The number of hydrogen-bond donors (Lipinski definition) is 0. The van der Waals surface area contributed by atoms with Gasteiger partial charge in [-0.3, -0.25) is 0 Å². The van der Waals surface area contributed by atoms with E-state index < -0.39 is 8.80 Å². The number of hydrogen-bond acceptors (Lipinski definition) is 3. The van der Waals surface area contributed by atoms with Crippen LogP contribution in [-0.4, -0.2) is 34.5 Å². The Labute approximate surface area is 150 Å². The van der Waals surface area contributed by atoms with Crippen molar-refractivity contribution in [1.82, 2.24) is 0 Å². The zero-order valence-electron chi connectivity index (χ0n) is 15.7. The van der Waals surface area contributed by atoms with Gasteiger partial charge in [0.25, 0.3) is 0 Å². The van der Waals surface area contributed by atoms with Crippen LogP contribution in [0.2, 0.25) is 6.04 Å². The summed E-state index contributed by atoms with van der Waals surface area (Å²) >= 11 is 5.68. The molecule has 0 aromatic rings. The number of unbranched alkanes of at least 4 members (excludes halogenated alkanes) is 9. The zero-order valence-corrected chi connectivity index (χ0v) is 17.5. The van der Waals surface area contributed by atoms with Crippen molar-refractivity contribution in [1.29, 1.82) is 0 Å². The van der Waals surface area contributed by atoms with Gasteiger partial charge in [0.05, 0.1) is 0 Å². The van der Waals surface area contributed by atoms with E-state index in [1.807, 2.05) is 20.8 Å². The van der Waals surface area contributed by atoms with Gasteiger partial charge in [-0.1, -0.05) is 51.4 Å². The highest BCUT2D eigenvalue weighted by atomic mass is 35.5. The van der Waals surface area contributed by atoms with Crippen molar-refractivity contribution in [2.75, 3.05) is 25.7 Å². The van der Waals surface area contributed by atoms with Gasteiger partial charge >= 0.3 is 8.80 Å². The van der Waals surface area contributed by atoms with Crippen molar-refractivity contribution in [2.45, 2.75) is 91.0 Å². The minimum Gasteiger partial charge on any atom is -0.374 e. The summed E-state index contributed by atoms with van der Waals surface area (Å²) in [4.78, 5) is 0. The molecule has 0 bridgehead atoms. The molecule has 0 aliphatic carbocycles. The summed E-state index contributed by atoms with van der Waals surface area (Å²) in [6.07, 6.45) is 13.0. The van der Waals surface area contributed by atoms with Crippen LogP contribution in [0.25, 0.3) is 0 Å². The lowest BCUT2D eigenvalue weighted by molar-refractivity contribution is 0.0706. The van der Waals surface area contributed by atoms with Gasteiger partial charge < -0.3 is 13.3 Å². The Hall–Kier alpha value is 0.387. The van der Waals surface area contributed by atoms with E-state index in [0.717, 1.165) is 18.3 Å². The maximum atomic E-state index is 5.89. The van der Waals surface area contributed by atoms with Crippen molar-refractivity contribution in [3.05, 3.63) is 0 Å². The summed E-state index contributed by atoms with van der Waals surface area (Å²) in [6, 6.07) is 0.959. The molecule has 0 heterocycles. The molecule has 0 amide bonds. The average molecular weight is 367 g/mol. The number of rotatable bonds is 18. The van der Waals surface area contributed by atoms with Gasteiger partial charge in [0, 0.05) is 31.7 Å². The Morgan fingerprint density at radius 1 is 0.565 bits per heavy atom. The molecule has 3 nitrogen and oxygen atoms in total. The summed E-state index contributed by atoms with van der Waals surface area (Å²) in [6.45, 7) is 8.09. The Kier molecular flexibility index (Phi) is 17.5. The molecule has 0 saturated heterocycles. The summed E-state index contributed by atoms with van der Waals surface area (Å²) in [5.74, 6) is 0.816. The highest BCUT2D eigenvalue weighted by Crippen LogP contribution is 2.21. The van der Waals surface area contributed by atoms with Gasteiger partial charge in [0.15, 0.2) is 0 Å². The standard InChI is InChI=1S/C18H39ClO3Si/c1-4-20-23(21-5-2,22-6-3)18-16-14-12-10-8-7-9-11-13-15-17-19/h4-18H2,1-3H3. The first-order chi connectivity index (χ1) is 11.2. The predicted octanol–water partition coefficient (Wildman–Crippen LogP) is 6.17. The third-order valence-corrected chi connectivity index (χ3v) is 7.38. The molecule has 0 spiro atoms. The lowest BCUT2D eigenvalue weighted by Crippen LogP contribution is -2.45. The maximum Gasteiger partial charge on any atom is 0.500 e. The molecule has 0 radical (unpaired) electrons. The first-order valence-corrected chi connectivity index (χ1v) is 12.2. The van der Waals surface area contributed by atoms with Crippen LogP contribution in [0.5, 0.6) is 0 Å². The smallest absolute Gasteiger partial charge is 0.374 e. The van der Waals surface area contributed by atoms with E-state index in [2.05, 4.69) is 0 Å². The minimum absolute atomic E-state index is 0.677. The topological polar surface area (TPSA) is 27.7 Å². The molecule has 0 fully saturated rings. The third kappa shape index (κ3) is 13.4. The fraction of sp³-hybridized carbons (Fsp3) is 1.00. The van der Waals surface area contributed by atoms with E-state index in [4.69, 9.17) is 24.9 Å². The van der Waals surface area contributed by atoms with Gasteiger partial charge in [0.2, 0.25) is 0 Å². The fourth-order valence-corrected chi connectivity index (χ4v) is 5.73. The Bertz CT molecular complexity index is 225. The largest absolute Gasteiger partial charge is 0.500 e. The lowest BCUT2D eigenvalue weighted by Gasteiger charge is -2.28. The highest BCUT2D eigenvalue weighted by Gasteiger charge is 2.39. The van der Waals surface area contributed by atoms with Crippen molar-refractivity contribution in [2.24, 2.45) is 0 Å². The van der Waals surface area contributed by atoms with Gasteiger partial charge in [-0.05, 0) is 33.6 Å². The van der Waals surface area contributed by atoms with Gasteiger partial charge in [-0.25, -0.2) is 0 Å². The van der Waals surface area contributed by atoms with Crippen LogP contribution < -0.4 is 0 Å². The Balaban J connectivity index is 3.65. The van der Waals surface area contributed by atoms with Crippen molar-refractivity contribution >= 4 is 20.4 Å². The first-order valence-electron chi connectivity index (χ1n) is 9.72. The second-order valence-electron chi connectivity index (χ2n) is 5.96. The van der Waals surface area contributed by atoms with Crippen LogP contribution in [-0.2, 0) is 13.3 Å².